The minimum atomic E-state index is -0.814. The first kappa shape index (κ1) is 21.8. The second kappa shape index (κ2) is 8.87. The predicted octanol–water partition coefficient (Wildman–Crippen LogP) is 4.82. The van der Waals surface area contributed by atoms with Gasteiger partial charge in [-0.05, 0) is 38.3 Å². The minimum absolute atomic E-state index is 0.317. The van der Waals surface area contributed by atoms with Crippen molar-refractivity contribution in [3.05, 3.63) is 47.1 Å². The highest BCUT2D eigenvalue weighted by molar-refractivity contribution is 7.15. The van der Waals surface area contributed by atoms with Crippen LogP contribution in [0.3, 0.4) is 0 Å². The standard InChI is InChI=1S/C22H28N4O3S/c1-13(2)18-12-24-20(30-18)26-19(27)17(25-21(28)29-22(3,4)5)10-14-11-23-16-9-7-6-8-15(14)16/h6-9,11-13,17,23H,10H2,1-5H3,(H,25,28)(H,24,26,27)/t17-/m0/s1. The van der Waals surface area contributed by atoms with Crippen molar-refractivity contribution in [1.82, 2.24) is 15.3 Å². The van der Waals surface area contributed by atoms with Crippen molar-refractivity contribution in [3.8, 4) is 0 Å². The largest absolute Gasteiger partial charge is 0.444 e. The summed E-state index contributed by atoms with van der Waals surface area (Å²) in [6.45, 7) is 9.49. The number of thiazole rings is 1. The molecule has 1 atom stereocenters. The molecule has 30 heavy (non-hydrogen) atoms. The van der Waals surface area contributed by atoms with E-state index in [0.717, 1.165) is 21.3 Å². The number of nitrogens with zero attached hydrogens (tertiary/aromatic N) is 1. The summed E-state index contributed by atoms with van der Waals surface area (Å²) in [5.74, 6) is -0.00847. The van der Waals surface area contributed by atoms with Gasteiger partial charge in [0.1, 0.15) is 11.6 Å². The third kappa shape index (κ3) is 5.60. The number of alkyl carbamates (subject to hydrolysis) is 1. The molecule has 2 amide bonds. The third-order valence-corrected chi connectivity index (χ3v) is 5.64. The molecule has 0 unspecified atom stereocenters. The number of ether oxygens (including phenoxy) is 1. The Kier molecular flexibility index (Phi) is 6.45. The van der Waals surface area contributed by atoms with E-state index in [1.165, 1.54) is 11.3 Å². The molecule has 0 spiro atoms. The smallest absolute Gasteiger partial charge is 0.408 e. The van der Waals surface area contributed by atoms with Gasteiger partial charge in [0.05, 0.1) is 0 Å². The Hall–Kier alpha value is -2.87. The summed E-state index contributed by atoms with van der Waals surface area (Å²) < 4.78 is 5.36. The molecule has 2 heterocycles. The molecule has 3 aromatic rings. The maximum atomic E-state index is 13.0. The first-order chi connectivity index (χ1) is 14.1. The molecule has 1 aromatic carbocycles. The van der Waals surface area contributed by atoms with Gasteiger partial charge in [-0.15, -0.1) is 11.3 Å². The summed E-state index contributed by atoms with van der Waals surface area (Å²) >= 11 is 1.43. The lowest BCUT2D eigenvalue weighted by Crippen LogP contribution is -2.47. The molecule has 0 saturated carbocycles. The molecule has 2 aromatic heterocycles. The van der Waals surface area contributed by atoms with Crippen LogP contribution in [0.2, 0.25) is 0 Å². The molecule has 8 heteroatoms. The summed E-state index contributed by atoms with van der Waals surface area (Å²) in [6, 6.07) is 7.03. The van der Waals surface area contributed by atoms with Gasteiger partial charge in [0.15, 0.2) is 5.13 Å². The van der Waals surface area contributed by atoms with E-state index in [9.17, 15) is 9.59 Å². The number of aromatic amines is 1. The number of nitrogens with one attached hydrogen (secondary N) is 3. The van der Waals surface area contributed by atoms with E-state index in [1.807, 2.05) is 30.5 Å². The number of fused-ring (bicyclic) bond motifs is 1. The van der Waals surface area contributed by atoms with Crippen molar-refractivity contribution in [2.45, 2.75) is 58.6 Å². The number of aromatic nitrogens is 2. The lowest BCUT2D eigenvalue weighted by molar-refractivity contribution is -0.118. The molecule has 0 aliphatic heterocycles. The summed E-state index contributed by atoms with van der Waals surface area (Å²) in [7, 11) is 0. The third-order valence-electron chi connectivity index (χ3n) is 4.43. The van der Waals surface area contributed by atoms with Gasteiger partial charge >= 0.3 is 6.09 Å². The van der Waals surface area contributed by atoms with Crippen molar-refractivity contribution >= 4 is 39.4 Å². The first-order valence-electron chi connectivity index (χ1n) is 9.93. The SMILES string of the molecule is CC(C)c1cnc(NC(=O)[C@H](Cc2c[nH]c3ccccc23)NC(=O)OC(C)(C)C)s1. The normalized spacial score (nSPS) is 12.7. The molecule has 3 N–H and O–H groups in total. The lowest BCUT2D eigenvalue weighted by Gasteiger charge is -2.23. The fourth-order valence-electron chi connectivity index (χ4n) is 2.98. The highest BCUT2D eigenvalue weighted by Crippen LogP contribution is 2.25. The number of benzene rings is 1. The Balaban J connectivity index is 1.80. The average Bonchev–Trinajstić information content (AvgIpc) is 3.27. The van der Waals surface area contributed by atoms with Gasteiger partial charge in [-0.3, -0.25) is 4.79 Å². The van der Waals surface area contributed by atoms with Gasteiger partial charge in [-0.2, -0.15) is 0 Å². The highest BCUT2D eigenvalue weighted by atomic mass is 32.1. The molecule has 7 nitrogen and oxygen atoms in total. The zero-order valence-corrected chi connectivity index (χ0v) is 18.7. The van der Waals surface area contributed by atoms with Crippen molar-refractivity contribution in [2.75, 3.05) is 5.32 Å². The van der Waals surface area contributed by atoms with Crippen molar-refractivity contribution < 1.29 is 14.3 Å². The molecule has 3 rings (SSSR count). The van der Waals surface area contributed by atoms with Crippen LogP contribution in [0.5, 0.6) is 0 Å². The van der Waals surface area contributed by atoms with Crippen LogP contribution in [-0.4, -0.2) is 33.6 Å². The van der Waals surface area contributed by atoms with Gasteiger partial charge in [-0.25, -0.2) is 9.78 Å². The summed E-state index contributed by atoms with van der Waals surface area (Å²) in [4.78, 5) is 34.0. The maximum Gasteiger partial charge on any atom is 0.408 e. The van der Waals surface area contributed by atoms with Crippen LogP contribution in [0.4, 0.5) is 9.93 Å². The van der Waals surface area contributed by atoms with E-state index in [2.05, 4.69) is 34.4 Å². The number of rotatable bonds is 6. The highest BCUT2D eigenvalue weighted by Gasteiger charge is 2.26. The summed E-state index contributed by atoms with van der Waals surface area (Å²) in [6.07, 6.45) is 3.31. The Labute approximate surface area is 180 Å². The van der Waals surface area contributed by atoms with Gasteiger partial charge in [-0.1, -0.05) is 32.0 Å². The fourth-order valence-corrected chi connectivity index (χ4v) is 3.80. The maximum absolute atomic E-state index is 13.0. The number of para-hydroxylation sites is 1. The molecule has 0 fully saturated rings. The number of carbonyl (C=O) groups is 2. The van der Waals surface area contributed by atoms with Crippen LogP contribution in [-0.2, 0) is 16.0 Å². The molecule has 0 aliphatic rings. The number of hydrogen-bond acceptors (Lipinski definition) is 5. The topological polar surface area (TPSA) is 96.1 Å². The Morgan fingerprint density at radius 3 is 2.63 bits per heavy atom. The van der Waals surface area contributed by atoms with Crippen molar-refractivity contribution in [2.24, 2.45) is 0 Å². The van der Waals surface area contributed by atoms with Crippen LogP contribution < -0.4 is 10.6 Å². The Morgan fingerprint density at radius 1 is 1.23 bits per heavy atom. The van der Waals surface area contributed by atoms with Gasteiger partial charge < -0.3 is 20.4 Å². The first-order valence-corrected chi connectivity index (χ1v) is 10.7. The molecule has 0 aliphatic carbocycles. The van der Waals surface area contributed by atoms with Gasteiger partial charge in [0.2, 0.25) is 5.91 Å². The lowest BCUT2D eigenvalue weighted by atomic mass is 10.0. The number of H-pyrrole nitrogens is 1. The van der Waals surface area contributed by atoms with Crippen LogP contribution >= 0.6 is 11.3 Å². The van der Waals surface area contributed by atoms with Crippen LogP contribution in [0.1, 0.15) is 51.0 Å². The second-order valence-corrected chi connectivity index (χ2v) is 9.54. The van der Waals surface area contributed by atoms with Crippen LogP contribution in [0.25, 0.3) is 10.9 Å². The van der Waals surface area contributed by atoms with E-state index >= 15 is 0 Å². The number of carbonyl (C=O) groups excluding carboxylic acids is 2. The van der Waals surface area contributed by atoms with E-state index < -0.39 is 17.7 Å². The summed E-state index contributed by atoms with van der Waals surface area (Å²) in [5, 5.41) is 7.07. The van der Waals surface area contributed by atoms with Crippen molar-refractivity contribution in [1.29, 1.82) is 0 Å². The zero-order chi connectivity index (χ0) is 21.9. The van der Waals surface area contributed by atoms with Gasteiger partial charge in [0, 0.05) is 34.6 Å². The van der Waals surface area contributed by atoms with E-state index in [-0.39, 0.29) is 5.91 Å². The Morgan fingerprint density at radius 2 is 1.97 bits per heavy atom. The molecule has 0 saturated heterocycles. The fraction of sp³-hybridized carbons (Fsp3) is 0.409. The molecule has 0 radical (unpaired) electrons. The average molecular weight is 429 g/mol. The summed E-state index contributed by atoms with van der Waals surface area (Å²) in [5.41, 5.74) is 1.25. The number of amides is 2. The molecule has 0 bridgehead atoms. The van der Waals surface area contributed by atoms with Crippen molar-refractivity contribution in [3.63, 3.8) is 0 Å². The second-order valence-electron chi connectivity index (χ2n) is 8.47. The molecule has 160 valence electrons. The zero-order valence-electron chi connectivity index (χ0n) is 17.9. The monoisotopic (exact) mass is 428 g/mol. The van der Waals surface area contributed by atoms with Gasteiger partial charge in [0.25, 0.3) is 0 Å². The number of hydrogen-bond donors (Lipinski definition) is 3. The van der Waals surface area contributed by atoms with E-state index in [0.29, 0.717) is 17.5 Å². The number of anilines is 1. The molecular weight excluding hydrogens is 400 g/mol. The molecular formula is C22H28N4O3S. The Bertz CT molecular complexity index is 1030. The van der Waals surface area contributed by atoms with E-state index in [4.69, 9.17) is 4.74 Å². The minimum Gasteiger partial charge on any atom is -0.444 e. The van der Waals surface area contributed by atoms with Crippen LogP contribution in [0, 0.1) is 0 Å². The quantitative estimate of drug-likeness (QED) is 0.524. The van der Waals surface area contributed by atoms with Crippen LogP contribution in [0.15, 0.2) is 36.7 Å². The van der Waals surface area contributed by atoms with E-state index in [1.54, 1.807) is 27.0 Å². The predicted molar refractivity (Wildman–Crippen MR) is 120 cm³/mol.